The minimum absolute atomic E-state index is 0.0766. The van der Waals surface area contributed by atoms with Crippen LogP contribution in [-0.2, 0) is 4.74 Å². The second kappa shape index (κ2) is 12.0. The fraction of sp³-hybridized carbons (Fsp3) is 0.903. The fourth-order valence-corrected chi connectivity index (χ4v) is 8.86. The van der Waals surface area contributed by atoms with E-state index in [9.17, 15) is 9.90 Å². The van der Waals surface area contributed by atoms with E-state index in [1.807, 2.05) is 6.92 Å². The van der Waals surface area contributed by atoms with Gasteiger partial charge in [0.2, 0.25) is 0 Å². The molecule has 0 amide bonds. The highest BCUT2D eigenvalue weighted by Gasteiger charge is 2.59. The molecule has 4 rings (SSSR count). The lowest BCUT2D eigenvalue weighted by Crippen LogP contribution is -2.50. The van der Waals surface area contributed by atoms with Gasteiger partial charge in [-0.25, -0.2) is 4.79 Å². The third kappa shape index (κ3) is 6.28. The lowest BCUT2D eigenvalue weighted by Gasteiger charge is -2.58. The Morgan fingerprint density at radius 1 is 1.09 bits per heavy atom. The topological polar surface area (TPSA) is 66.8 Å². The maximum atomic E-state index is 10.2. The smallest absolute Gasteiger partial charge is 0.450 e. The number of carbonyl (C=O) groups is 1. The van der Waals surface area contributed by atoms with Crippen LogP contribution >= 0.6 is 0 Å². The number of rotatable bonds is 7. The quantitative estimate of drug-likeness (QED) is 0.277. The Kier molecular flexibility index (Phi) is 9.79. The van der Waals surface area contributed by atoms with E-state index in [1.54, 1.807) is 5.57 Å². The van der Waals surface area contributed by atoms with E-state index >= 15 is 0 Å². The second-order valence-electron chi connectivity index (χ2n) is 13.3. The van der Waals surface area contributed by atoms with E-state index < -0.39 is 6.16 Å². The Morgan fingerprint density at radius 3 is 2.46 bits per heavy atom. The summed E-state index contributed by atoms with van der Waals surface area (Å²) in [4.78, 5) is 9.54. The maximum absolute atomic E-state index is 10.2. The largest absolute Gasteiger partial charge is 0.505 e. The van der Waals surface area contributed by atoms with Gasteiger partial charge in [0, 0.05) is 0 Å². The molecule has 0 saturated heterocycles. The Hall–Kier alpha value is -1.03. The molecule has 4 aliphatic rings. The zero-order valence-corrected chi connectivity index (χ0v) is 23.5. The van der Waals surface area contributed by atoms with Crippen LogP contribution in [0.15, 0.2) is 11.6 Å². The van der Waals surface area contributed by atoms with Crippen LogP contribution in [0.5, 0.6) is 0 Å². The van der Waals surface area contributed by atoms with E-state index in [0.717, 1.165) is 54.8 Å². The first-order chi connectivity index (χ1) is 16.5. The standard InChI is InChI=1S/C27H46O.C4H8O3/c1-18(2)7-6-8-19(3)23-11-12-24-22-10-9-20-17-21(28)13-15-26(20,4)25(22)14-16-27(23,24)5;1-2-3-7-4(5)6/h9,18-19,21-25,28H,6-8,10-17H2,1-5H3;2-3H2,1H3,(H,5,6)/t19?,21-,22-,23+,24-,25-,26-,27+;/m0./s1. The summed E-state index contributed by atoms with van der Waals surface area (Å²) in [5.74, 6) is 5.46. The number of aliphatic hydroxyl groups excluding tert-OH is 1. The highest BCUT2D eigenvalue weighted by atomic mass is 16.7. The summed E-state index contributed by atoms with van der Waals surface area (Å²) in [7, 11) is 0. The molecule has 8 atom stereocenters. The van der Waals surface area contributed by atoms with Crippen LogP contribution in [0.1, 0.15) is 119 Å². The molecule has 0 aromatic heterocycles. The number of carboxylic acid groups (broad SMARTS) is 1. The van der Waals surface area contributed by atoms with Crippen LogP contribution in [0.2, 0.25) is 0 Å². The Labute approximate surface area is 215 Å². The summed E-state index contributed by atoms with van der Waals surface area (Å²) in [5, 5.41) is 18.0. The van der Waals surface area contributed by atoms with Crippen molar-refractivity contribution in [3.8, 4) is 0 Å². The lowest BCUT2D eigenvalue weighted by molar-refractivity contribution is -0.0573. The molecular formula is C31H54O4. The first kappa shape index (κ1) is 28.5. The lowest BCUT2D eigenvalue weighted by atomic mass is 9.47. The molecule has 3 saturated carbocycles. The minimum atomic E-state index is -1.19. The highest BCUT2D eigenvalue weighted by Crippen LogP contribution is 2.67. The number of aliphatic hydroxyl groups is 1. The monoisotopic (exact) mass is 490 g/mol. The van der Waals surface area contributed by atoms with Crippen molar-refractivity contribution in [3.05, 3.63) is 11.6 Å². The Bertz CT molecular complexity index is 729. The molecule has 3 fully saturated rings. The Morgan fingerprint density at radius 2 is 1.83 bits per heavy atom. The number of ether oxygens (including phenoxy) is 1. The molecule has 0 bridgehead atoms. The third-order valence-corrected chi connectivity index (χ3v) is 10.7. The molecule has 0 aromatic carbocycles. The van der Waals surface area contributed by atoms with Gasteiger partial charge in [-0.1, -0.05) is 72.5 Å². The molecule has 2 N–H and O–H groups in total. The molecule has 4 nitrogen and oxygen atoms in total. The van der Waals surface area contributed by atoms with Gasteiger partial charge in [0.1, 0.15) is 0 Å². The van der Waals surface area contributed by atoms with Crippen molar-refractivity contribution in [1.82, 2.24) is 0 Å². The van der Waals surface area contributed by atoms with Crippen LogP contribution in [-0.4, -0.2) is 29.1 Å². The van der Waals surface area contributed by atoms with E-state index in [0.29, 0.717) is 17.4 Å². The molecule has 35 heavy (non-hydrogen) atoms. The molecule has 202 valence electrons. The average molecular weight is 491 g/mol. The van der Waals surface area contributed by atoms with Crippen molar-refractivity contribution < 1.29 is 19.7 Å². The normalized spacial score (nSPS) is 38.9. The zero-order valence-electron chi connectivity index (χ0n) is 23.5. The van der Waals surface area contributed by atoms with Gasteiger partial charge in [-0.15, -0.1) is 0 Å². The average Bonchev–Trinajstić information content (AvgIpc) is 3.15. The van der Waals surface area contributed by atoms with Gasteiger partial charge in [-0.05, 0) is 104 Å². The summed E-state index contributed by atoms with van der Waals surface area (Å²) < 4.78 is 4.11. The molecule has 4 heteroatoms. The van der Waals surface area contributed by atoms with Crippen molar-refractivity contribution in [2.45, 2.75) is 125 Å². The van der Waals surface area contributed by atoms with E-state index in [4.69, 9.17) is 5.11 Å². The van der Waals surface area contributed by atoms with Crippen molar-refractivity contribution in [3.63, 3.8) is 0 Å². The van der Waals surface area contributed by atoms with Crippen molar-refractivity contribution >= 4 is 6.16 Å². The minimum Gasteiger partial charge on any atom is -0.450 e. The predicted molar refractivity (Wildman–Crippen MR) is 143 cm³/mol. The first-order valence-corrected chi connectivity index (χ1v) is 14.8. The number of hydrogen-bond donors (Lipinski definition) is 2. The summed E-state index contributed by atoms with van der Waals surface area (Å²) >= 11 is 0. The van der Waals surface area contributed by atoms with Gasteiger partial charge in [0.15, 0.2) is 0 Å². The van der Waals surface area contributed by atoms with E-state index in [1.165, 1.54) is 57.8 Å². The fourth-order valence-electron chi connectivity index (χ4n) is 8.86. The zero-order chi connectivity index (χ0) is 25.8. The molecule has 0 radical (unpaired) electrons. The van der Waals surface area contributed by atoms with Gasteiger partial charge in [0.25, 0.3) is 0 Å². The van der Waals surface area contributed by atoms with Crippen molar-refractivity contribution in [2.24, 2.45) is 46.3 Å². The van der Waals surface area contributed by atoms with E-state index in [-0.39, 0.29) is 6.10 Å². The van der Waals surface area contributed by atoms with Crippen LogP contribution in [0.25, 0.3) is 0 Å². The molecule has 0 spiro atoms. The van der Waals surface area contributed by atoms with Crippen LogP contribution in [0.4, 0.5) is 4.79 Å². The molecule has 0 heterocycles. The van der Waals surface area contributed by atoms with Gasteiger partial charge in [-0.2, -0.15) is 0 Å². The van der Waals surface area contributed by atoms with Gasteiger partial charge < -0.3 is 14.9 Å². The SMILES string of the molecule is CC(C)CCCC(C)[C@H]1CC[C@H]2[C@@H]3CC=C4C[C@@H](O)CC[C@]4(C)[C@H]3CC[C@]12C.CCCOC(=O)O. The third-order valence-electron chi connectivity index (χ3n) is 10.7. The van der Waals surface area contributed by atoms with Gasteiger partial charge in [0.05, 0.1) is 12.7 Å². The number of allylic oxidation sites excluding steroid dienone is 1. The highest BCUT2D eigenvalue weighted by molar-refractivity contribution is 5.56. The van der Waals surface area contributed by atoms with Crippen molar-refractivity contribution in [2.75, 3.05) is 6.61 Å². The number of hydrogen-bond acceptors (Lipinski definition) is 3. The molecule has 0 aromatic rings. The summed E-state index contributed by atoms with van der Waals surface area (Å²) in [6.45, 7) is 14.7. The van der Waals surface area contributed by atoms with Crippen LogP contribution in [0, 0.1) is 46.3 Å². The predicted octanol–water partition coefficient (Wildman–Crippen LogP) is 8.48. The Balaban J connectivity index is 0.000000429. The van der Waals surface area contributed by atoms with E-state index in [2.05, 4.69) is 45.4 Å². The molecule has 1 unspecified atom stereocenters. The summed E-state index contributed by atoms with van der Waals surface area (Å²) in [6.07, 6.45) is 16.7. The molecule has 4 aliphatic carbocycles. The maximum Gasteiger partial charge on any atom is 0.505 e. The van der Waals surface area contributed by atoms with Crippen LogP contribution in [0.3, 0.4) is 0 Å². The van der Waals surface area contributed by atoms with Crippen LogP contribution < -0.4 is 0 Å². The summed E-state index contributed by atoms with van der Waals surface area (Å²) in [5.41, 5.74) is 2.60. The second-order valence-corrected chi connectivity index (χ2v) is 13.3. The molecule has 0 aliphatic heterocycles. The van der Waals surface area contributed by atoms with Gasteiger partial charge >= 0.3 is 6.16 Å². The van der Waals surface area contributed by atoms with Gasteiger partial charge in [-0.3, -0.25) is 0 Å². The first-order valence-electron chi connectivity index (χ1n) is 14.8. The number of fused-ring (bicyclic) bond motifs is 5. The summed E-state index contributed by atoms with van der Waals surface area (Å²) in [6, 6.07) is 0. The van der Waals surface area contributed by atoms with Crippen molar-refractivity contribution in [1.29, 1.82) is 0 Å². The molecular weight excluding hydrogens is 436 g/mol.